The second-order valence-corrected chi connectivity index (χ2v) is 7.85. The number of guanidine groups is 1. The molecule has 0 aromatic heterocycles. The number of hydrogen-bond donors (Lipinski definition) is 7. The molecule has 0 aromatic rings. The van der Waals surface area contributed by atoms with Crippen molar-refractivity contribution in [3.05, 3.63) is 0 Å². The molecule has 1 amide bonds. The van der Waals surface area contributed by atoms with Gasteiger partial charge in [-0.15, -0.1) is 0 Å². The van der Waals surface area contributed by atoms with E-state index in [0.29, 0.717) is 38.8 Å². The summed E-state index contributed by atoms with van der Waals surface area (Å²) in [6.07, 6.45) is 2.02. The summed E-state index contributed by atoms with van der Waals surface area (Å²) < 4.78 is 4.96. The lowest BCUT2D eigenvalue weighted by molar-refractivity contribution is -0.140. The third-order valence-corrected chi connectivity index (χ3v) is 3.46. The Hall–Kier alpha value is -2.60. The van der Waals surface area contributed by atoms with Crippen LogP contribution in [0.5, 0.6) is 0 Å². The van der Waals surface area contributed by atoms with Gasteiger partial charge in [0.1, 0.15) is 12.1 Å². The highest BCUT2D eigenvalue weighted by molar-refractivity contribution is 5.79. The molecule has 0 radical (unpaired) electrons. The molecule has 0 saturated heterocycles. The van der Waals surface area contributed by atoms with Crippen molar-refractivity contribution in [2.24, 2.45) is 33.3 Å². The summed E-state index contributed by atoms with van der Waals surface area (Å²) in [5.74, 6) is -2.04. The standard InChI is InChI=1S/C12H24N2O4.C6H14N4O2/c1-12(2,3)8-18-11(17)14-9(10(15)16)6-4-5-7-13;7-4(5(11)12)2-1-3-10-6(8)9/h9H,4-8,13H2,1-3H3,(H,14,17)(H,15,16);4H,1-3,7H2,(H,11,12)(H4,8,9,10). The summed E-state index contributed by atoms with van der Waals surface area (Å²) in [4.78, 5) is 36.2. The van der Waals surface area contributed by atoms with Crippen LogP contribution in [0.25, 0.3) is 0 Å². The molecule has 2 unspecified atom stereocenters. The first-order valence-electron chi connectivity index (χ1n) is 9.70. The van der Waals surface area contributed by atoms with E-state index in [0.717, 1.165) is 6.42 Å². The number of hydrogen-bond acceptors (Lipinski definition) is 7. The van der Waals surface area contributed by atoms with Crippen LogP contribution in [0.2, 0.25) is 0 Å². The van der Waals surface area contributed by atoms with Gasteiger partial charge >= 0.3 is 18.0 Å². The number of aliphatic carboxylic acids is 2. The van der Waals surface area contributed by atoms with Gasteiger partial charge in [-0.2, -0.15) is 0 Å². The number of aliphatic imine (C=N–C) groups is 1. The Bertz CT molecular complexity index is 546. The molecule has 0 heterocycles. The molecule has 30 heavy (non-hydrogen) atoms. The van der Waals surface area contributed by atoms with Gasteiger partial charge in [-0.25, -0.2) is 9.59 Å². The molecule has 12 heteroatoms. The van der Waals surface area contributed by atoms with Crippen molar-refractivity contribution in [2.75, 3.05) is 19.7 Å². The predicted molar refractivity (Wildman–Crippen MR) is 114 cm³/mol. The summed E-state index contributed by atoms with van der Waals surface area (Å²) in [5.41, 5.74) is 20.5. The van der Waals surface area contributed by atoms with Gasteiger partial charge in [0, 0.05) is 6.54 Å². The maximum Gasteiger partial charge on any atom is 0.407 e. The first kappa shape index (κ1) is 29.6. The average Bonchev–Trinajstić information content (AvgIpc) is 2.62. The zero-order valence-electron chi connectivity index (χ0n) is 18.1. The lowest BCUT2D eigenvalue weighted by Gasteiger charge is -2.19. The SMILES string of the molecule is CC(C)(C)COC(=O)NC(CCCCN)C(=O)O.NC(N)=NCCCC(N)C(=O)O. The number of ether oxygens (including phenoxy) is 1. The molecule has 12 nitrogen and oxygen atoms in total. The lowest BCUT2D eigenvalue weighted by atomic mass is 9.99. The minimum atomic E-state index is -1.06. The summed E-state index contributed by atoms with van der Waals surface area (Å²) >= 11 is 0. The molecule has 0 aliphatic carbocycles. The topological polar surface area (TPSA) is 229 Å². The van der Waals surface area contributed by atoms with Crippen molar-refractivity contribution in [3.63, 3.8) is 0 Å². The highest BCUT2D eigenvalue weighted by Gasteiger charge is 2.21. The normalized spacial score (nSPS) is 12.6. The Balaban J connectivity index is 0. The number of rotatable bonds is 12. The zero-order chi connectivity index (χ0) is 23.7. The number of carboxylic acid groups (broad SMARTS) is 2. The molecule has 0 fully saturated rings. The van der Waals surface area contributed by atoms with E-state index in [2.05, 4.69) is 10.3 Å². The Morgan fingerprint density at radius 1 is 1.03 bits per heavy atom. The summed E-state index contributed by atoms with van der Waals surface area (Å²) in [6, 6.07) is -1.73. The number of carbonyl (C=O) groups is 3. The van der Waals surface area contributed by atoms with Gasteiger partial charge in [-0.3, -0.25) is 9.79 Å². The van der Waals surface area contributed by atoms with Gasteiger partial charge in [-0.1, -0.05) is 20.8 Å². The third-order valence-electron chi connectivity index (χ3n) is 3.46. The molecular weight excluding hydrogens is 396 g/mol. The number of unbranched alkanes of at least 4 members (excludes halogenated alkanes) is 1. The minimum Gasteiger partial charge on any atom is -0.480 e. The van der Waals surface area contributed by atoms with Gasteiger partial charge in [-0.05, 0) is 44.1 Å². The van der Waals surface area contributed by atoms with E-state index >= 15 is 0 Å². The number of alkyl carbamates (subject to hydrolysis) is 1. The van der Waals surface area contributed by atoms with E-state index in [1.807, 2.05) is 20.8 Å². The van der Waals surface area contributed by atoms with Crippen molar-refractivity contribution < 1.29 is 29.3 Å². The largest absolute Gasteiger partial charge is 0.480 e. The first-order valence-corrected chi connectivity index (χ1v) is 9.70. The summed E-state index contributed by atoms with van der Waals surface area (Å²) in [5, 5.41) is 19.7. The molecule has 0 spiro atoms. The van der Waals surface area contributed by atoms with Crippen molar-refractivity contribution in [2.45, 2.75) is 65.0 Å². The fourth-order valence-corrected chi connectivity index (χ4v) is 1.86. The summed E-state index contributed by atoms with van der Waals surface area (Å²) in [6.45, 7) is 6.96. The quantitative estimate of drug-likeness (QED) is 0.121. The number of carboxylic acids is 2. The lowest BCUT2D eigenvalue weighted by Crippen LogP contribution is -2.41. The molecule has 0 rings (SSSR count). The van der Waals surface area contributed by atoms with E-state index in [4.69, 9.17) is 37.9 Å². The molecule has 176 valence electrons. The second kappa shape index (κ2) is 16.2. The van der Waals surface area contributed by atoms with Crippen LogP contribution in [-0.2, 0) is 14.3 Å². The van der Waals surface area contributed by atoms with Crippen LogP contribution < -0.4 is 28.3 Å². The Morgan fingerprint density at radius 2 is 1.63 bits per heavy atom. The maximum atomic E-state index is 11.4. The minimum absolute atomic E-state index is 0.0129. The fourth-order valence-electron chi connectivity index (χ4n) is 1.86. The van der Waals surface area contributed by atoms with Gasteiger partial charge in [0.05, 0.1) is 6.61 Å². The average molecular weight is 435 g/mol. The zero-order valence-corrected chi connectivity index (χ0v) is 18.1. The number of nitrogens with one attached hydrogen (secondary N) is 1. The molecule has 0 aliphatic rings. The van der Waals surface area contributed by atoms with Crippen LogP contribution in [-0.4, -0.2) is 66.0 Å². The summed E-state index contributed by atoms with van der Waals surface area (Å²) in [7, 11) is 0. The maximum absolute atomic E-state index is 11.4. The monoisotopic (exact) mass is 434 g/mol. The van der Waals surface area contributed by atoms with Crippen molar-refractivity contribution >= 4 is 24.0 Å². The van der Waals surface area contributed by atoms with Gasteiger partial charge < -0.3 is 43.2 Å². The van der Waals surface area contributed by atoms with E-state index < -0.39 is 30.1 Å². The Kier molecular flexibility index (Phi) is 16.0. The number of amides is 1. The van der Waals surface area contributed by atoms with Crippen LogP contribution in [0.15, 0.2) is 4.99 Å². The van der Waals surface area contributed by atoms with Gasteiger partial charge in [0.25, 0.3) is 0 Å². The Morgan fingerprint density at radius 3 is 2.07 bits per heavy atom. The van der Waals surface area contributed by atoms with Crippen LogP contribution in [0.4, 0.5) is 4.79 Å². The van der Waals surface area contributed by atoms with Crippen LogP contribution in [0, 0.1) is 5.41 Å². The van der Waals surface area contributed by atoms with Crippen LogP contribution >= 0.6 is 0 Å². The fraction of sp³-hybridized carbons (Fsp3) is 0.778. The third kappa shape index (κ3) is 20.1. The van der Waals surface area contributed by atoms with Crippen molar-refractivity contribution in [1.29, 1.82) is 0 Å². The first-order chi connectivity index (χ1) is 13.8. The molecule has 0 aliphatic heterocycles. The van der Waals surface area contributed by atoms with Gasteiger partial charge in [0.15, 0.2) is 5.96 Å². The highest BCUT2D eigenvalue weighted by Crippen LogP contribution is 2.13. The molecule has 2 atom stereocenters. The van der Waals surface area contributed by atoms with E-state index in [-0.39, 0.29) is 18.0 Å². The van der Waals surface area contributed by atoms with Crippen LogP contribution in [0.3, 0.4) is 0 Å². The molecule has 0 bridgehead atoms. The van der Waals surface area contributed by atoms with Crippen LogP contribution in [0.1, 0.15) is 52.9 Å². The highest BCUT2D eigenvalue weighted by atomic mass is 16.5. The predicted octanol–water partition coefficient (Wildman–Crippen LogP) is -0.207. The number of nitrogens with two attached hydrogens (primary N) is 4. The van der Waals surface area contributed by atoms with E-state index in [9.17, 15) is 14.4 Å². The van der Waals surface area contributed by atoms with E-state index in [1.54, 1.807) is 0 Å². The smallest absolute Gasteiger partial charge is 0.407 e. The van der Waals surface area contributed by atoms with Gasteiger partial charge in [0.2, 0.25) is 0 Å². The number of nitrogens with zero attached hydrogens (tertiary/aromatic N) is 1. The molecule has 0 saturated carbocycles. The molecule has 0 aromatic carbocycles. The second-order valence-electron chi connectivity index (χ2n) is 7.85. The molecular formula is C18H38N6O6. The Labute approximate surface area is 177 Å². The van der Waals surface area contributed by atoms with E-state index in [1.165, 1.54) is 0 Å². The molecule has 11 N–H and O–H groups in total. The van der Waals surface area contributed by atoms with Crippen molar-refractivity contribution in [1.82, 2.24) is 5.32 Å². The van der Waals surface area contributed by atoms with Crippen molar-refractivity contribution in [3.8, 4) is 0 Å². The number of carbonyl (C=O) groups excluding carboxylic acids is 1.